The van der Waals surface area contributed by atoms with Crippen molar-refractivity contribution in [1.82, 2.24) is 14.7 Å². The van der Waals surface area contributed by atoms with E-state index in [2.05, 4.69) is 12.1 Å². The maximum atomic E-state index is 12.7. The molecule has 1 aromatic carbocycles. The van der Waals surface area contributed by atoms with Crippen LogP contribution in [0.3, 0.4) is 0 Å². The summed E-state index contributed by atoms with van der Waals surface area (Å²) in [7, 11) is 3.74. The van der Waals surface area contributed by atoms with Gasteiger partial charge in [-0.05, 0) is 52.1 Å². The molecular formula is C22H35N3O3. The van der Waals surface area contributed by atoms with E-state index >= 15 is 0 Å². The number of likely N-dealkylation sites (N-methyl/N-ethyl adjacent to an activating group) is 1. The Labute approximate surface area is 169 Å². The van der Waals surface area contributed by atoms with Crippen molar-refractivity contribution in [2.24, 2.45) is 5.92 Å². The van der Waals surface area contributed by atoms with Gasteiger partial charge >= 0.3 is 6.09 Å². The zero-order valence-corrected chi connectivity index (χ0v) is 18.0. The van der Waals surface area contributed by atoms with Crippen LogP contribution in [0, 0.1) is 5.92 Å². The third kappa shape index (κ3) is 7.50. The summed E-state index contributed by atoms with van der Waals surface area (Å²) < 4.78 is 5.42. The van der Waals surface area contributed by atoms with Gasteiger partial charge in [0.15, 0.2) is 0 Å². The molecule has 0 radical (unpaired) electrons. The molecule has 6 nitrogen and oxygen atoms in total. The lowest BCUT2D eigenvalue weighted by atomic mass is 9.97. The first-order chi connectivity index (χ1) is 13.1. The van der Waals surface area contributed by atoms with Gasteiger partial charge < -0.3 is 14.5 Å². The molecule has 2 amide bonds. The van der Waals surface area contributed by atoms with E-state index in [9.17, 15) is 9.59 Å². The molecule has 1 fully saturated rings. The molecule has 2 rings (SSSR count). The zero-order chi connectivity index (χ0) is 20.7. The Bertz CT molecular complexity index is 642. The number of piperidine rings is 1. The molecule has 0 aromatic heterocycles. The van der Waals surface area contributed by atoms with E-state index in [0.717, 1.165) is 25.9 Å². The molecule has 0 spiro atoms. The van der Waals surface area contributed by atoms with Crippen molar-refractivity contribution < 1.29 is 14.3 Å². The minimum Gasteiger partial charge on any atom is -0.444 e. The summed E-state index contributed by atoms with van der Waals surface area (Å²) in [6.45, 7) is 8.87. The van der Waals surface area contributed by atoms with Crippen molar-refractivity contribution in [2.75, 3.05) is 40.3 Å². The number of likely N-dealkylation sites (tertiary alicyclic amines) is 1. The van der Waals surface area contributed by atoms with Crippen molar-refractivity contribution in [2.45, 2.75) is 45.8 Å². The lowest BCUT2D eigenvalue weighted by molar-refractivity contribution is -0.134. The number of ether oxygens (including phenoxy) is 1. The highest BCUT2D eigenvalue weighted by Crippen LogP contribution is 2.19. The topological polar surface area (TPSA) is 53.1 Å². The zero-order valence-electron chi connectivity index (χ0n) is 18.0. The van der Waals surface area contributed by atoms with Gasteiger partial charge in [-0.1, -0.05) is 30.3 Å². The van der Waals surface area contributed by atoms with Gasteiger partial charge in [-0.2, -0.15) is 0 Å². The predicted octanol–water partition coefficient (Wildman–Crippen LogP) is 3.22. The standard InChI is InChI=1S/C22H35N3O3/c1-22(2,3)28-21(27)24(5)15-19-12-9-13-25(16-19)20(26)17-23(4)14-18-10-7-6-8-11-18/h6-8,10-11,19H,9,12-17H2,1-5H3. The second-order valence-corrected chi connectivity index (χ2v) is 8.87. The Morgan fingerprint density at radius 1 is 1.18 bits per heavy atom. The Kier molecular flexibility index (Phi) is 7.87. The quantitative estimate of drug-likeness (QED) is 0.750. The summed E-state index contributed by atoms with van der Waals surface area (Å²) in [5.41, 5.74) is 0.705. The normalized spacial score (nSPS) is 17.5. The summed E-state index contributed by atoms with van der Waals surface area (Å²) in [4.78, 5) is 30.5. The van der Waals surface area contributed by atoms with Crippen LogP contribution in [-0.2, 0) is 16.1 Å². The second kappa shape index (κ2) is 9.92. The molecule has 1 aliphatic heterocycles. The van der Waals surface area contributed by atoms with Crippen LogP contribution >= 0.6 is 0 Å². The highest BCUT2D eigenvalue weighted by Gasteiger charge is 2.27. The van der Waals surface area contributed by atoms with E-state index in [-0.39, 0.29) is 17.9 Å². The number of amides is 2. The molecule has 156 valence electrons. The smallest absolute Gasteiger partial charge is 0.410 e. The second-order valence-electron chi connectivity index (χ2n) is 8.87. The molecule has 0 saturated carbocycles. The summed E-state index contributed by atoms with van der Waals surface area (Å²) in [6.07, 6.45) is 1.69. The van der Waals surface area contributed by atoms with Gasteiger partial charge in [-0.15, -0.1) is 0 Å². The third-order valence-electron chi connectivity index (χ3n) is 4.81. The number of rotatable bonds is 6. The minimum atomic E-state index is -0.497. The largest absolute Gasteiger partial charge is 0.444 e. The fourth-order valence-electron chi connectivity index (χ4n) is 3.52. The number of hydrogen-bond acceptors (Lipinski definition) is 4. The van der Waals surface area contributed by atoms with E-state index < -0.39 is 5.60 Å². The molecular weight excluding hydrogens is 354 g/mol. The summed E-state index contributed by atoms with van der Waals surface area (Å²) >= 11 is 0. The highest BCUT2D eigenvalue weighted by atomic mass is 16.6. The van der Waals surface area contributed by atoms with Crippen LogP contribution in [0.2, 0.25) is 0 Å². The van der Waals surface area contributed by atoms with E-state index in [1.54, 1.807) is 11.9 Å². The van der Waals surface area contributed by atoms with Crippen molar-refractivity contribution in [3.8, 4) is 0 Å². The van der Waals surface area contributed by atoms with Crippen LogP contribution in [0.1, 0.15) is 39.2 Å². The first kappa shape index (κ1) is 22.2. The van der Waals surface area contributed by atoms with Crippen LogP contribution in [0.4, 0.5) is 4.79 Å². The van der Waals surface area contributed by atoms with Crippen LogP contribution in [-0.4, -0.2) is 72.6 Å². The fourth-order valence-corrected chi connectivity index (χ4v) is 3.52. The summed E-state index contributed by atoms with van der Waals surface area (Å²) in [5.74, 6) is 0.442. The average molecular weight is 390 g/mol. The van der Waals surface area contributed by atoms with E-state index in [0.29, 0.717) is 19.6 Å². The first-order valence-corrected chi connectivity index (χ1v) is 10.1. The Balaban J connectivity index is 1.81. The van der Waals surface area contributed by atoms with Gasteiger partial charge in [0.1, 0.15) is 5.60 Å². The Hall–Kier alpha value is -2.08. The van der Waals surface area contributed by atoms with Gasteiger partial charge in [0.2, 0.25) is 5.91 Å². The van der Waals surface area contributed by atoms with Gasteiger partial charge in [0.25, 0.3) is 0 Å². The predicted molar refractivity (Wildman–Crippen MR) is 111 cm³/mol. The van der Waals surface area contributed by atoms with Crippen molar-refractivity contribution >= 4 is 12.0 Å². The van der Waals surface area contributed by atoms with E-state index in [4.69, 9.17) is 4.74 Å². The van der Waals surface area contributed by atoms with Crippen LogP contribution in [0.5, 0.6) is 0 Å². The monoisotopic (exact) mass is 389 g/mol. The van der Waals surface area contributed by atoms with E-state index in [1.165, 1.54) is 5.56 Å². The number of benzene rings is 1. The Morgan fingerprint density at radius 3 is 2.50 bits per heavy atom. The van der Waals surface area contributed by atoms with Crippen LogP contribution in [0.25, 0.3) is 0 Å². The molecule has 0 aliphatic carbocycles. The van der Waals surface area contributed by atoms with E-state index in [1.807, 2.05) is 55.8 Å². The molecule has 1 aliphatic rings. The summed E-state index contributed by atoms with van der Waals surface area (Å²) in [6, 6.07) is 10.2. The summed E-state index contributed by atoms with van der Waals surface area (Å²) in [5, 5.41) is 0. The number of hydrogen-bond donors (Lipinski definition) is 0. The number of nitrogens with zero attached hydrogens (tertiary/aromatic N) is 3. The molecule has 28 heavy (non-hydrogen) atoms. The minimum absolute atomic E-state index is 0.156. The van der Waals surface area contributed by atoms with Gasteiger partial charge in [0.05, 0.1) is 6.54 Å². The van der Waals surface area contributed by atoms with Crippen molar-refractivity contribution in [1.29, 1.82) is 0 Å². The number of carbonyl (C=O) groups is 2. The van der Waals surface area contributed by atoms with Gasteiger partial charge in [-0.25, -0.2) is 4.79 Å². The lowest BCUT2D eigenvalue weighted by Gasteiger charge is -2.35. The SMILES string of the molecule is CN(CC(=O)N1CCCC(CN(C)C(=O)OC(C)(C)C)C1)Cc1ccccc1. The van der Waals surface area contributed by atoms with Crippen LogP contribution < -0.4 is 0 Å². The number of carbonyl (C=O) groups excluding carboxylic acids is 2. The maximum absolute atomic E-state index is 12.7. The highest BCUT2D eigenvalue weighted by molar-refractivity contribution is 5.78. The molecule has 1 unspecified atom stereocenters. The molecule has 0 bridgehead atoms. The average Bonchev–Trinajstić information content (AvgIpc) is 2.61. The Morgan fingerprint density at radius 2 is 1.86 bits per heavy atom. The van der Waals surface area contributed by atoms with Crippen molar-refractivity contribution in [3.63, 3.8) is 0 Å². The fraction of sp³-hybridized carbons (Fsp3) is 0.636. The maximum Gasteiger partial charge on any atom is 0.410 e. The molecule has 1 atom stereocenters. The molecule has 1 aromatic rings. The molecule has 6 heteroatoms. The van der Waals surface area contributed by atoms with Crippen LogP contribution in [0.15, 0.2) is 30.3 Å². The third-order valence-corrected chi connectivity index (χ3v) is 4.81. The first-order valence-electron chi connectivity index (χ1n) is 10.1. The van der Waals surface area contributed by atoms with Gasteiger partial charge in [-0.3, -0.25) is 9.69 Å². The molecule has 0 N–H and O–H groups in total. The lowest BCUT2D eigenvalue weighted by Crippen LogP contribution is -2.47. The van der Waals surface area contributed by atoms with Crippen molar-refractivity contribution in [3.05, 3.63) is 35.9 Å². The van der Waals surface area contributed by atoms with Gasteiger partial charge in [0, 0.05) is 33.2 Å². The molecule has 1 saturated heterocycles. The molecule has 1 heterocycles.